The van der Waals surface area contributed by atoms with E-state index in [9.17, 15) is 9.90 Å². The fourth-order valence-electron chi connectivity index (χ4n) is 3.05. The second-order valence-corrected chi connectivity index (χ2v) is 6.99. The van der Waals surface area contributed by atoms with Gasteiger partial charge in [0.2, 0.25) is 5.91 Å². The highest BCUT2D eigenvalue weighted by Gasteiger charge is 2.29. The monoisotopic (exact) mass is 319 g/mol. The summed E-state index contributed by atoms with van der Waals surface area (Å²) in [4.78, 5) is 14.5. The van der Waals surface area contributed by atoms with Crippen LogP contribution in [0.1, 0.15) is 45.6 Å². The molecule has 1 aliphatic rings. The molecule has 1 fully saturated rings. The summed E-state index contributed by atoms with van der Waals surface area (Å²) in [5.41, 5.74) is 1.01. The largest absolute Gasteiger partial charge is 0.493 e. The molecule has 1 N–H and O–H groups in total. The molecular weight excluding hydrogens is 290 g/mol. The van der Waals surface area contributed by atoms with E-state index in [1.165, 1.54) is 0 Å². The van der Waals surface area contributed by atoms with E-state index in [0.29, 0.717) is 25.4 Å². The molecule has 0 radical (unpaired) electrons. The van der Waals surface area contributed by atoms with E-state index in [1.807, 2.05) is 29.2 Å². The van der Waals surface area contributed by atoms with Crippen molar-refractivity contribution in [1.82, 2.24) is 4.90 Å². The van der Waals surface area contributed by atoms with Crippen LogP contribution in [0.5, 0.6) is 5.75 Å². The molecule has 23 heavy (non-hydrogen) atoms. The Morgan fingerprint density at radius 1 is 1.30 bits per heavy atom. The van der Waals surface area contributed by atoms with Crippen molar-refractivity contribution in [2.24, 2.45) is 5.92 Å². The molecular formula is C19H29NO3. The van der Waals surface area contributed by atoms with Crippen molar-refractivity contribution >= 4 is 5.91 Å². The van der Waals surface area contributed by atoms with Gasteiger partial charge in [-0.2, -0.15) is 0 Å². The molecule has 0 bridgehead atoms. The molecule has 1 heterocycles. The Hall–Kier alpha value is -1.55. The molecule has 128 valence electrons. The average Bonchev–Trinajstić information content (AvgIpc) is 2.94. The lowest BCUT2D eigenvalue weighted by molar-refractivity contribution is -0.131. The van der Waals surface area contributed by atoms with Gasteiger partial charge in [0.25, 0.3) is 0 Å². The van der Waals surface area contributed by atoms with E-state index >= 15 is 0 Å². The number of carbonyl (C=O) groups excluding carboxylic acids is 1. The van der Waals surface area contributed by atoms with Crippen molar-refractivity contribution in [3.8, 4) is 5.75 Å². The van der Waals surface area contributed by atoms with Gasteiger partial charge in [-0.15, -0.1) is 0 Å². The third-order valence-electron chi connectivity index (χ3n) is 4.17. The molecule has 4 nitrogen and oxygen atoms in total. The van der Waals surface area contributed by atoms with Gasteiger partial charge in [0.1, 0.15) is 5.75 Å². The Morgan fingerprint density at radius 3 is 2.61 bits per heavy atom. The van der Waals surface area contributed by atoms with Gasteiger partial charge in [0.15, 0.2) is 0 Å². The Balaban J connectivity index is 1.89. The van der Waals surface area contributed by atoms with E-state index < -0.39 is 0 Å². The van der Waals surface area contributed by atoms with Crippen molar-refractivity contribution in [3.05, 3.63) is 29.8 Å². The van der Waals surface area contributed by atoms with E-state index in [4.69, 9.17) is 4.74 Å². The SMILES string of the molecule is CC(C)COc1ccc(CC(=O)N2CCCC2CC(C)O)cc1. The first-order valence-electron chi connectivity index (χ1n) is 8.65. The Kier molecular flexibility index (Phi) is 6.46. The number of amides is 1. The third kappa shape index (κ3) is 5.54. The first-order chi connectivity index (χ1) is 11.0. The lowest BCUT2D eigenvalue weighted by Gasteiger charge is -2.25. The van der Waals surface area contributed by atoms with Crippen LogP contribution in [0.25, 0.3) is 0 Å². The summed E-state index contributed by atoms with van der Waals surface area (Å²) < 4.78 is 5.66. The molecule has 1 saturated heterocycles. The molecule has 1 aliphatic heterocycles. The number of benzene rings is 1. The first-order valence-corrected chi connectivity index (χ1v) is 8.65. The number of rotatable bonds is 7. The molecule has 0 spiro atoms. The van der Waals surface area contributed by atoms with Gasteiger partial charge < -0.3 is 14.7 Å². The van der Waals surface area contributed by atoms with Crippen molar-refractivity contribution in [2.75, 3.05) is 13.2 Å². The van der Waals surface area contributed by atoms with Crippen molar-refractivity contribution in [3.63, 3.8) is 0 Å². The Labute approximate surface area is 139 Å². The number of hydrogen-bond acceptors (Lipinski definition) is 3. The molecule has 1 aromatic carbocycles. The summed E-state index contributed by atoms with van der Waals surface area (Å²) >= 11 is 0. The summed E-state index contributed by atoms with van der Waals surface area (Å²) in [6.45, 7) is 7.54. The fourth-order valence-corrected chi connectivity index (χ4v) is 3.05. The van der Waals surface area contributed by atoms with Gasteiger partial charge in [-0.05, 0) is 49.8 Å². The molecule has 2 atom stereocenters. The topological polar surface area (TPSA) is 49.8 Å². The predicted molar refractivity (Wildman–Crippen MR) is 91.5 cm³/mol. The molecule has 2 rings (SSSR count). The standard InChI is InChI=1S/C19H29NO3/c1-14(2)13-23-18-8-6-16(7-9-18)12-19(22)20-10-4-5-17(20)11-15(3)21/h6-9,14-15,17,21H,4-5,10-13H2,1-3H3. The van der Waals surface area contributed by atoms with Crippen molar-refractivity contribution in [1.29, 1.82) is 0 Å². The third-order valence-corrected chi connectivity index (χ3v) is 4.17. The second-order valence-electron chi connectivity index (χ2n) is 6.99. The zero-order chi connectivity index (χ0) is 16.8. The number of nitrogens with zero attached hydrogens (tertiary/aromatic N) is 1. The molecule has 1 amide bonds. The van der Waals surface area contributed by atoms with Gasteiger partial charge in [0.05, 0.1) is 19.1 Å². The summed E-state index contributed by atoms with van der Waals surface area (Å²) in [5, 5.41) is 9.57. The minimum absolute atomic E-state index is 0.156. The van der Waals surface area contributed by atoms with Crippen LogP contribution in [-0.2, 0) is 11.2 Å². The van der Waals surface area contributed by atoms with Crippen LogP contribution in [0.2, 0.25) is 0 Å². The first kappa shape index (κ1) is 17.8. The number of aliphatic hydroxyl groups excluding tert-OH is 1. The number of hydrogen-bond donors (Lipinski definition) is 1. The molecule has 1 aromatic rings. The van der Waals surface area contributed by atoms with Crippen LogP contribution in [0.15, 0.2) is 24.3 Å². The van der Waals surface area contributed by atoms with Crippen LogP contribution in [0.4, 0.5) is 0 Å². The minimum atomic E-state index is -0.356. The van der Waals surface area contributed by atoms with Crippen molar-refractivity contribution < 1.29 is 14.6 Å². The normalized spacial score (nSPS) is 19.2. The minimum Gasteiger partial charge on any atom is -0.493 e. The van der Waals surface area contributed by atoms with E-state index in [2.05, 4.69) is 13.8 Å². The highest BCUT2D eigenvalue weighted by atomic mass is 16.5. The predicted octanol–water partition coefficient (Wildman–Crippen LogP) is 3.03. The summed E-state index contributed by atoms with van der Waals surface area (Å²) in [7, 11) is 0. The van der Waals surface area contributed by atoms with Crippen molar-refractivity contribution in [2.45, 2.75) is 58.6 Å². The summed E-state index contributed by atoms with van der Waals surface area (Å²) in [5.74, 6) is 1.50. The fraction of sp³-hybridized carbons (Fsp3) is 0.632. The lowest BCUT2D eigenvalue weighted by atomic mass is 10.1. The molecule has 4 heteroatoms. The molecule has 2 unspecified atom stereocenters. The average molecular weight is 319 g/mol. The Bertz CT molecular complexity index is 496. The second kappa shape index (κ2) is 8.34. The molecule has 0 aromatic heterocycles. The number of likely N-dealkylation sites (tertiary alicyclic amines) is 1. The van der Waals surface area contributed by atoms with Gasteiger partial charge in [-0.1, -0.05) is 26.0 Å². The maximum Gasteiger partial charge on any atom is 0.227 e. The van der Waals surface area contributed by atoms with Crippen LogP contribution >= 0.6 is 0 Å². The lowest BCUT2D eigenvalue weighted by Crippen LogP contribution is -2.38. The van der Waals surface area contributed by atoms with Gasteiger partial charge in [0, 0.05) is 12.6 Å². The van der Waals surface area contributed by atoms with E-state index in [-0.39, 0.29) is 18.1 Å². The highest BCUT2D eigenvalue weighted by molar-refractivity contribution is 5.79. The molecule has 0 aliphatic carbocycles. The number of carbonyl (C=O) groups is 1. The van der Waals surface area contributed by atoms with Gasteiger partial charge in [-0.3, -0.25) is 4.79 Å². The maximum absolute atomic E-state index is 12.5. The van der Waals surface area contributed by atoms with Crippen LogP contribution in [0.3, 0.4) is 0 Å². The summed E-state index contributed by atoms with van der Waals surface area (Å²) in [6.07, 6.45) is 2.77. The van der Waals surface area contributed by atoms with Gasteiger partial charge in [-0.25, -0.2) is 0 Å². The highest BCUT2D eigenvalue weighted by Crippen LogP contribution is 2.23. The smallest absolute Gasteiger partial charge is 0.227 e. The van der Waals surface area contributed by atoms with Crippen LogP contribution < -0.4 is 4.74 Å². The number of ether oxygens (including phenoxy) is 1. The quantitative estimate of drug-likeness (QED) is 0.840. The summed E-state index contributed by atoms with van der Waals surface area (Å²) in [6, 6.07) is 7.99. The van der Waals surface area contributed by atoms with Crippen LogP contribution in [-0.4, -0.2) is 41.2 Å². The number of aliphatic hydroxyl groups is 1. The zero-order valence-electron chi connectivity index (χ0n) is 14.5. The van der Waals surface area contributed by atoms with E-state index in [1.54, 1.807) is 6.92 Å². The van der Waals surface area contributed by atoms with Crippen LogP contribution in [0, 0.1) is 5.92 Å². The Morgan fingerprint density at radius 2 is 2.00 bits per heavy atom. The van der Waals surface area contributed by atoms with Gasteiger partial charge >= 0.3 is 0 Å². The van der Waals surface area contributed by atoms with E-state index in [0.717, 1.165) is 30.7 Å². The zero-order valence-corrected chi connectivity index (χ0v) is 14.5. The maximum atomic E-state index is 12.5. The molecule has 0 saturated carbocycles.